The standard InChI is InChI=1S/C15H15NO2/c1-18-15(17)16-10-4-5-12-8-9-13-6-2-3-7-14(13)11-12/h2-9,11H,10H2,1H3,(H,16,17). The lowest BCUT2D eigenvalue weighted by Gasteiger charge is -2.00. The third kappa shape index (κ3) is 3.10. The molecule has 0 aliphatic heterocycles. The Morgan fingerprint density at radius 3 is 2.78 bits per heavy atom. The Balaban J connectivity index is 2.03. The number of benzene rings is 2. The highest BCUT2D eigenvalue weighted by atomic mass is 16.5. The number of amides is 1. The minimum atomic E-state index is -0.418. The van der Waals surface area contributed by atoms with E-state index >= 15 is 0 Å². The van der Waals surface area contributed by atoms with Gasteiger partial charge in [-0.25, -0.2) is 4.79 Å². The van der Waals surface area contributed by atoms with E-state index in [1.807, 2.05) is 24.3 Å². The summed E-state index contributed by atoms with van der Waals surface area (Å²) in [6.45, 7) is 0.458. The summed E-state index contributed by atoms with van der Waals surface area (Å²) in [6.07, 6.45) is 3.45. The molecule has 1 N–H and O–H groups in total. The van der Waals surface area contributed by atoms with Crippen LogP contribution in [0.1, 0.15) is 5.56 Å². The van der Waals surface area contributed by atoms with Crippen molar-refractivity contribution >= 4 is 22.9 Å². The zero-order valence-electron chi connectivity index (χ0n) is 10.2. The summed E-state index contributed by atoms with van der Waals surface area (Å²) in [5.41, 5.74) is 1.11. The van der Waals surface area contributed by atoms with E-state index in [2.05, 4.69) is 40.4 Å². The van der Waals surface area contributed by atoms with E-state index < -0.39 is 6.09 Å². The first-order valence-electron chi connectivity index (χ1n) is 5.77. The Labute approximate surface area is 106 Å². The number of rotatable bonds is 3. The zero-order valence-corrected chi connectivity index (χ0v) is 10.2. The van der Waals surface area contributed by atoms with Crippen LogP contribution in [-0.4, -0.2) is 19.7 Å². The Morgan fingerprint density at radius 2 is 2.00 bits per heavy atom. The third-order valence-electron chi connectivity index (χ3n) is 2.63. The van der Waals surface area contributed by atoms with Crippen molar-refractivity contribution in [3.8, 4) is 0 Å². The van der Waals surface area contributed by atoms with Crippen molar-refractivity contribution in [2.75, 3.05) is 13.7 Å². The second-order valence-electron chi connectivity index (χ2n) is 3.88. The molecule has 2 aromatic carbocycles. The second-order valence-corrected chi connectivity index (χ2v) is 3.88. The lowest BCUT2D eigenvalue weighted by molar-refractivity contribution is 0.172. The van der Waals surface area contributed by atoms with Gasteiger partial charge in [-0.1, -0.05) is 48.6 Å². The number of fused-ring (bicyclic) bond motifs is 1. The highest BCUT2D eigenvalue weighted by molar-refractivity contribution is 5.84. The number of hydrogen-bond acceptors (Lipinski definition) is 2. The normalized spacial score (nSPS) is 10.7. The Hall–Kier alpha value is -2.29. The predicted molar refractivity (Wildman–Crippen MR) is 73.4 cm³/mol. The van der Waals surface area contributed by atoms with Gasteiger partial charge in [-0.05, 0) is 22.4 Å². The number of ether oxygens (including phenoxy) is 1. The Bertz CT molecular complexity index is 575. The molecule has 3 nitrogen and oxygen atoms in total. The molecule has 2 aromatic rings. The predicted octanol–water partition coefficient (Wildman–Crippen LogP) is 3.21. The van der Waals surface area contributed by atoms with Gasteiger partial charge in [0.15, 0.2) is 0 Å². The van der Waals surface area contributed by atoms with Crippen LogP contribution in [0.5, 0.6) is 0 Å². The van der Waals surface area contributed by atoms with Crippen LogP contribution in [0.25, 0.3) is 16.8 Å². The largest absolute Gasteiger partial charge is 0.453 e. The second kappa shape index (κ2) is 5.87. The molecular formula is C15H15NO2. The van der Waals surface area contributed by atoms with E-state index in [0.29, 0.717) is 6.54 Å². The summed E-state index contributed by atoms with van der Waals surface area (Å²) in [4.78, 5) is 10.8. The Kier molecular flexibility index (Phi) is 3.97. The topological polar surface area (TPSA) is 38.3 Å². The quantitative estimate of drug-likeness (QED) is 0.896. The van der Waals surface area contributed by atoms with E-state index in [-0.39, 0.29) is 0 Å². The van der Waals surface area contributed by atoms with Crippen LogP contribution < -0.4 is 5.32 Å². The van der Waals surface area contributed by atoms with Crippen LogP contribution in [0, 0.1) is 0 Å². The van der Waals surface area contributed by atoms with Crippen LogP contribution in [0.2, 0.25) is 0 Å². The molecule has 0 heterocycles. The van der Waals surface area contributed by atoms with E-state index in [9.17, 15) is 4.79 Å². The highest BCUT2D eigenvalue weighted by Crippen LogP contribution is 2.16. The number of carbonyl (C=O) groups is 1. The molecule has 0 fully saturated rings. The number of alkyl carbamates (subject to hydrolysis) is 1. The first kappa shape index (κ1) is 12.2. The third-order valence-corrected chi connectivity index (χ3v) is 2.63. The molecule has 0 aliphatic rings. The summed E-state index contributed by atoms with van der Waals surface area (Å²) >= 11 is 0. The van der Waals surface area contributed by atoms with Crippen LogP contribution in [-0.2, 0) is 4.74 Å². The van der Waals surface area contributed by atoms with Crippen molar-refractivity contribution in [1.82, 2.24) is 5.32 Å². The van der Waals surface area contributed by atoms with Gasteiger partial charge in [0.2, 0.25) is 0 Å². The van der Waals surface area contributed by atoms with E-state index in [1.54, 1.807) is 0 Å². The van der Waals surface area contributed by atoms with Gasteiger partial charge in [-0.2, -0.15) is 0 Å². The Morgan fingerprint density at radius 1 is 1.22 bits per heavy atom. The molecule has 1 amide bonds. The van der Waals surface area contributed by atoms with Crippen molar-refractivity contribution in [2.24, 2.45) is 0 Å². The fourth-order valence-corrected chi connectivity index (χ4v) is 1.72. The summed E-state index contributed by atoms with van der Waals surface area (Å²) in [6, 6.07) is 14.5. The lowest BCUT2D eigenvalue weighted by atomic mass is 10.1. The van der Waals surface area contributed by atoms with Crippen LogP contribution in [0.3, 0.4) is 0 Å². The summed E-state index contributed by atoms with van der Waals surface area (Å²) in [7, 11) is 1.35. The summed E-state index contributed by atoms with van der Waals surface area (Å²) in [5.74, 6) is 0. The molecule has 3 heteroatoms. The van der Waals surface area contributed by atoms with E-state index in [4.69, 9.17) is 0 Å². The van der Waals surface area contributed by atoms with E-state index in [0.717, 1.165) is 5.56 Å². The molecule has 0 atom stereocenters. The molecule has 0 saturated carbocycles. The fourth-order valence-electron chi connectivity index (χ4n) is 1.72. The van der Waals surface area contributed by atoms with Crippen LogP contribution in [0.4, 0.5) is 4.79 Å². The summed E-state index contributed by atoms with van der Waals surface area (Å²) in [5, 5.41) is 5.03. The van der Waals surface area contributed by atoms with Gasteiger partial charge in [0.25, 0.3) is 0 Å². The van der Waals surface area contributed by atoms with Gasteiger partial charge in [-0.15, -0.1) is 0 Å². The maximum atomic E-state index is 10.8. The molecule has 0 aliphatic carbocycles. The average molecular weight is 241 g/mol. The molecule has 0 spiro atoms. The number of methoxy groups -OCH3 is 1. The zero-order chi connectivity index (χ0) is 12.8. The molecule has 92 valence electrons. The molecule has 0 bridgehead atoms. The number of hydrogen-bond donors (Lipinski definition) is 1. The molecule has 2 rings (SSSR count). The van der Waals surface area contributed by atoms with Gasteiger partial charge in [0.05, 0.1) is 7.11 Å². The number of carbonyl (C=O) groups excluding carboxylic acids is 1. The molecule has 0 radical (unpaired) electrons. The molecule has 18 heavy (non-hydrogen) atoms. The smallest absolute Gasteiger partial charge is 0.407 e. The lowest BCUT2D eigenvalue weighted by Crippen LogP contribution is -2.22. The summed E-state index contributed by atoms with van der Waals surface area (Å²) < 4.78 is 4.48. The van der Waals surface area contributed by atoms with Gasteiger partial charge < -0.3 is 10.1 Å². The number of nitrogens with one attached hydrogen (secondary N) is 1. The van der Waals surface area contributed by atoms with Gasteiger partial charge in [-0.3, -0.25) is 0 Å². The first-order valence-corrected chi connectivity index (χ1v) is 5.77. The SMILES string of the molecule is COC(=O)NCC=Cc1ccc2ccccc2c1. The van der Waals surface area contributed by atoms with Crippen molar-refractivity contribution in [3.63, 3.8) is 0 Å². The van der Waals surface area contributed by atoms with Crippen molar-refractivity contribution < 1.29 is 9.53 Å². The maximum absolute atomic E-state index is 10.8. The van der Waals surface area contributed by atoms with Gasteiger partial charge in [0.1, 0.15) is 0 Å². The van der Waals surface area contributed by atoms with Crippen molar-refractivity contribution in [3.05, 3.63) is 54.1 Å². The van der Waals surface area contributed by atoms with Gasteiger partial charge >= 0.3 is 6.09 Å². The average Bonchev–Trinajstić information content (AvgIpc) is 2.43. The molecule has 0 saturated heterocycles. The highest BCUT2D eigenvalue weighted by Gasteiger charge is 1.94. The van der Waals surface area contributed by atoms with Gasteiger partial charge in [0, 0.05) is 6.54 Å². The molecule has 0 aromatic heterocycles. The van der Waals surface area contributed by atoms with E-state index in [1.165, 1.54) is 17.9 Å². The maximum Gasteiger partial charge on any atom is 0.407 e. The van der Waals surface area contributed by atoms with Crippen molar-refractivity contribution in [1.29, 1.82) is 0 Å². The van der Waals surface area contributed by atoms with Crippen molar-refractivity contribution in [2.45, 2.75) is 0 Å². The molecule has 0 unspecified atom stereocenters. The fraction of sp³-hybridized carbons (Fsp3) is 0.133. The van der Waals surface area contributed by atoms with Crippen LogP contribution in [0.15, 0.2) is 48.5 Å². The minimum Gasteiger partial charge on any atom is -0.453 e. The minimum absolute atomic E-state index is 0.418. The van der Waals surface area contributed by atoms with Crippen LogP contribution >= 0.6 is 0 Å². The molecular weight excluding hydrogens is 226 g/mol. The monoisotopic (exact) mass is 241 g/mol. The first-order chi connectivity index (χ1) is 8.79.